The monoisotopic (exact) mass is 275 g/mol. The molecule has 0 bridgehead atoms. The number of dihydropyridines is 1. The Bertz CT molecular complexity index is 354. The summed E-state index contributed by atoms with van der Waals surface area (Å²) >= 11 is 0. The molecular weight excluding hydrogens is 252 g/mol. The van der Waals surface area contributed by atoms with E-state index in [1.54, 1.807) is 6.92 Å². The Morgan fingerprint density at radius 1 is 1.47 bits per heavy atom. The van der Waals surface area contributed by atoms with E-state index in [2.05, 4.69) is 10.4 Å². The first-order valence-electron chi connectivity index (χ1n) is 6.61. The Kier molecular flexibility index (Phi) is 5.84. The number of rotatable bonds is 6. The van der Waals surface area contributed by atoms with Gasteiger partial charge in [-0.2, -0.15) is 0 Å². The summed E-state index contributed by atoms with van der Waals surface area (Å²) in [7, 11) is 0. The van der Waals surface area contributed by atoms with Gasteiger partial charge in [-0.05, 0) is 6.42 Å². The zero-order valence-electron chi connectivity index (χ0n) is 11.5. The maximum Gasteiger partial charge on any atom is 0.276 e. The van der Waals surface area contributed by atoms with E-state index in [1.165, 1.54) is 6.08 Å². The number of alkyl halides is 2. The molecule has 5 N–H and O–H groups in total. The van der Waals surface area contributed by atoms with Crippen molar-refractivity contribution in [1.29, 1.82) is 0 Å². The summed E-state index contributed by atoms with van der Waals surface area (Å²) < 4.78 is 28.2. The van der Waals surface area contributed by atoms with Crippen LogP contribution in [0, 0.1) is 0 Å². The van der Waals surface area contributed by atoms with Crippen molar-refractivity contribution >= 4 is 5.84 Å². The largest absolute Gasteiger partial charge is 0.323 e. The Morgan fingerprint density at radius 3 is 2.74 bits per heavy atom. The fraction of sp³-hybridized carbons (Fsp3) is 0.750. The van der Waals surface area contributed by atoms with E-state index in [0.29, 0.717) is 13.0 Å². The van der Waals surface area contributed by atoms with Crippen molar-refractivity contribution in [3.63, 3.8) is 0 Å². The smallest absolute Gasteiger partial charge is 0.276 e. The van der Waals surface area contributed by atoms with Crippen LogP contribution in [0.3, 0.4) is 0 Å². The highest BCUT2D eigenvalue weighted by molar-refractivity contribution is 5.99. The maximum atomic E-state index is 14.1. The third-order valence-electron chi connectivity index (χ3n) is 2.79. The van der Waals surface area contributed by atoms with Crippen molar-refractivity contribution < 1.29 is 8.78 Å². The lowest BCUT2D eigenvalue weighted by molar-refractivity contribution is 0.0349. The molecule has 1 aliphatic rings. The number of nitrogens with two attached hydrogens (primary N) is 2. The van der Waals surface area contributed by atoms with Gasteiger partial charge in [0, 0.05) is 19.0 Å². The van der Waals surface area contributed by atoms with Gasteiger partial charge >= 0.3 is 0 Å². The van der Waals surface area contributed by atoms with Crippen LogP contribution >= 0.6 is 0 Å². The Labute approximate surface area is 112 Å². The number of nitrogens with zero attached hydrogens (tertiary/aromatic N) is 2. The fourth-order valence-corrected chi connectivity index (χ4v) is 1.87. The Hall–Kier alpha value is -1.05. The van der Waals surface area contributed by atoms with Crippen molar-refractivity contribution in [2.45, 2.75) is 45.1 Å². The van der Waals surface area contributed by atoms with Crippen molar-refractivity contribution in [1.82, 2.24) is 10.5 Å². The van der Waals surface area contributed by atoms with E-state index in [1.807, 2.05) is 6.92 Å². The van der Waals surface area contributed by atoms with Crippen LogP contribution in [-0.2, 0) is 0 Å². The predicted octanol–water partition coefficient (Wildman–Crippen LogP) is 1.18. The highest BCUT2D eigenvalue weighted by Gasteiger charge is 2.39. The molecule has 0 aromatic carbocycles. The quantitative estimate of drug-likeness (QED) is 0.502. The fourth-order valence-electron chi connectivity index (χ4n) is 1.87. The highest BCUT2D eigenvalue weighted by Crippen LogP contribution is 2.32. The number of amidine groups is 1. The Balaban J connectivity index is 2.92. The van der Waals surface area contributed by atoms with Crippen LogP contribution in [0.2, 0.25) is 0 Å². The zero-order chi connectivity index (χ0) is 14.5. The van der Waals surface area contributed by atoms with Gasteiger partial charge in [0.05, 0.1) is 12.1 Å². The molecular formula is C12H23F2N5. The maximum absolute atomic E-state index is 14.1. The molecule has 19 heavy (non-hydrogen) atoms. The van der Waals surface area contributed by atoms with Crippen LogP contribution in [0.1, 0.15) is 33.1 Å². The molecule has 0 aromatic rings. The first-order valence-corrected chi connectivity index (χ1v) is 6.61. The molecule has 0 aromatic heterocycles. The van der Waals surface area contributed by atoms with Gasteiger partial charge in [0.15, 0.2) is 5.84 Å². The van der Waals surface area contributed by atoms with Crippen LogP contribution in [0.25, 0.3) is 0 Å². The lowest BCUT2D eigenvalue weighted by Gasteiger charge is -2.30. The van der Waals surface area contributed by atoms with Crippen molar-refractivity contribution in [3.05, 3.63) is 11.6 Å². The van der Waals surface area contributed by atoms with E-state index < -0.39 is 12.0 Å². The lowest BCUT2D eigenvalue weighted by Crippen LogP contribution is -2.52. The molecule has 0 amide bonds. The summed E-state index contributed by atoms with van der Waals surface area (Å²) in [5, 5.41) is 1.07. The minimum atomic E-state index is -2.96. The number of aliphatic imine (C=N–C) groups is 1. The van der Waals surface area contributed by atoms with Gasteiger partial charge in [-0.25, -0.2) is 25.2 Å². The number of halogens is 2. The van der Waals surface area contributed by atoms with Crippen LogP contribution in [0.15, 0.2) is 16.6 Å². The molecule has 0 spiro atoms. The van der Waals surface area contributed by atoms with Gasteiger partial charge < -0.3 is 5.73 Å². The van der Waals surface area contributed by atoms with Gasteiger partial charge in [0.2, 0.25) is 0 Å². The molecule has 1 atom stereocenters. The minimum Gasteiger partial charge on any atom is -0.323 e. The standard InChI is InChI=1S/C12H23F2N5/c1-3-5-12(13,14)10-7-9(15)8-17-11(10)19(16)18-6-4-2/h7,9,18H,3-6,8,15-16H2,1-2H3. The van der Waals surface area contributed by atoms with Crippen LogP contribution in [-0.4, -0.2) is 36.0 Å². The molecule has 0 radical (unpaired) electrons. The lowest BCUT2D eigenvalue weighted by atomic mass is 9.98. The first kappa shape index (κ1) is 16.0. The van der Waals surface area contributed by atoms with Crippen LogP contribution in [0.4, 0.5) is 8.78 Å². The van der Waals surface area contributed by atoms with Gasteiger partial charge in [0.25, 0.3) is 5.92 Å². The molecule has 110 valence electrons. The summed E-state index contributed by atoms with van der Waals surface area (Å²) in [5.41, 5.74) is 8.33. The van der Waals surface area contributed by atoms with Crippen molar-refractivity contribution in [2.24, 2.45) is 16.6 Å². The second-order valence-corrected chi connectivity index (χ2v) is 4.64. The summed E-state index contributed by atoms with van der Waals surface area (Å²) in [5.74, 6) is 2.86. The van der Waals surface area contributed by atoms with Crippen molar-refractivity contribution in [2.75, 3.05) is 13.1 Å². The number of nitrogens with one attached hydrogen (secondary N) is 1. The molecule has 0 saturated heterocycles. The second-order valence-electron chi connectivity index (χ2n) is 4.64. The average Bonchev–Trinajstić information content (AvgIpc) is 2.35. The molecule has 1 rings (SSSR count). The summed E-state index contributed by atoms with van der Waals surface area (Å²) in [4.78, 5) is 4.08. The molecule has 7 heteroatoms. The Morgan fingerprint density at radius 2 is 2.16 bits per heavy atom. The summed E-state index contributed by atoms with van der Waals surface area (Å²) in [6.07, 6.45) is 2.34. The third kappa shape index (κ3) is 4.22. The summed E-state index contributed by atoms with van der Waals surface area (Å²) in [6, 6.07) is -0.485. The molecule has 1 unspecified atom stereocenters. The normalized spacial score (nSPS) is 20.0. The number of hydrazine groups is 2. The molecule has 1 heterocycles. The minimum absolute atomic E-state index is 0.0774. The zero-order valence-corrected chi connectivity index (χ0v) is 11.5. The van der Waals surface area contributed by atoms with E-state index in [9.17, 15) is 8.78 Å². The second kappa shape index (κ2) is 6.93. The van der Waals surface area contributed by atoms with Gasteiger partial charge in [-0.3, -0.25) is 4.99 Å². The average molecular weight is 275 g/mol. The van der Waals surface area contributed by atoms with Crippen LogP contribution < -0.4 is 17.0 Å². The topological polar surface area (TPSA) is 79.7 Å². The van der Waals surface area contributed by atoms with Gasteiger partial charge in [-0.15, -0.1) is 0 Å². The number of hydrogen-bond acceptors (Lipinski definition) is 5. The highest BCUT2D eigenvalue weighted by atomic mass is 19.3. The van der Waals surface area contributed by atoms with Crippen LogP contribution in [0.5, 0.6) is 0 Å². The molecule has 5 nitrogen and oxygen atoms in total. The summed E-state index contributed by atoms with van der Waals surface area (Å²) in [6.45, 7) is 4.53. The third-order valence-corrected chi connectivity index (χ3v) is 2.79. The van der Waals surface area contributed by atoms with E-state index in [4.69, 9.17) is 11.6 Å². The molecule has 0 fully saturated rings. The van der Waals surface area contributed by atoms with E-state index >= 15 is 0 Å². The molecule has 0 aliphatic carbocycles. The SMILES string of the molecule is CCCNN(N)C1=NCC(N)C=C1C(F)(F)CCC. The van der Waals surface area contributed by atoms with Gasteiger partial charge in [0.1, 0.15) is 0 Å². The number of hydrogen-bond donors (Lipinski definition) is 3. The molecule has 1 aliphatic heterocycles. The molecule has 0 saturated carbocycles. The van der Waals surface area contributed by atoms with E-state index in [0.717, 1.165) is 11.5 Å². The first-order chi connectivity index (χ1) is 8.92. The predicted molar refractivity (Wildman–Crippen MR) is 72.5 cm³/mol. The van der Waals surface area contributed by atoms with Crippen molar-refractivity contribution in [3.8, 4) is 0 Å². The van der Waals surface area contributed by atoms with E-state index in [-0.39, 0.29) is 24.4 Å². The van der Waals surface area contributed by atoms with Gasteiger partial charge in [-0.1, -0.05) is 26.3 Å².